The summed E-state index contributed by atoms with van der Waals surface area (Å²) in [6.07, 6.45) is -1.35. The van der Waals surface area contributed by atoms with Gasteiger partial charge < -0.3 is 30.1 Å². The zero-order valence-corrected chi connectivity index (χ0v) is 15.1. The predicted octanol–water partition coefficient (Wildman–Crippen LogP) is -1.08. The highest BCUT2D eigenvalue weighted by Gasteiger charge is 2.46. The summed E-state index contributed by atoms with van der Waals surface area (Å²) in [5.74, 6) is 0.803. The molecule has 0 saturated carbocycles. The van der Waals surface area contributed by atoms with Crippen molar-refractivity contribution in [3.63, 3.8) is 0 Å². The molecule has 0 bridgehead atoms. The number of aromatic nitrogens is 5. The number of halogens is 1. The van der Waals surface area contributed by atoms with Crippen LogP contribution in [0.3, 0.4) is 0 Å². The van der Waals surface area contributed by atoms with Crippen molar-refractivity contribution in [2.75, 3.05) is 24.4 Å². The van der Waals surface area contributed by atoms with Crippen LogP contribution in [-0.4, -0.2) is 84.2 Å². The Morgan fingerprint density at radius 1 is 1.30 bits per heavy atom. The van der Waals surface area contributed by atoms with Crippen LogP contribution in [0.25, 0.3) is 0 Å². The second-order valence-electron chi connectivity index (χ2n) is 5.91. The van der Waals surface area contributed by atoms with Gasteiger partial charge in [-0.2, -0.15) is 5.10 Å². The summed E-state index contributed by atoms with van der Waals surface area (Å²) in [6.45, 7) is 0.0349. The van der Waals surface area contributed by atoms with Gasteiger partial charge in [0.15, 0.2) is 6.29 Å². The molecule has 0 spiro atoms. The maximum Gasteiger partial charge on any atom is 0.183 e. The first-order valence-electron chi connectivity index (χ1n) is 8.36. The monoisotopic (exact) mass is 400 g/mol. The summed E-state index contributed by atoms with van der Waals surface area (Å²) >= 11 is 5.66. The largest absolute Gasteiger partial charge is 0.394 e. The van der Waals surface area contributed by atoms with E-state index in [4.69, 9.17) is 21.1 Å². The highest BCUT2D eigenvalue weighted by atomic mass is 35.5. The van der Waals surface area contributed by atoms with Gasteiger partial charge in [0.05, 0.1) is 26.0 Å². The number of hydrogen-bond acceptors (Lipinski definition) is 10. The van der Waals surface area contributed by atoms with Crippen LogP contribution < -0.4 is 5.32 Å². The fourth-order valence-corrected chi connectivity index (χ4v) is 2.85. The number of nitrogens with one attached hydrogen (secondary N) is 1. The number of aliphatic hydroxyl groups is 3. The topological polar surface area (TPSA) is 148 Å². The van der Waals surface area contributed by atoms with E-state index in [1.54, 1.807) is 24.5 Å². The number of hydrogen-bond donors (Lipinski definition) is 4. The lowest BCUT2D eigenvalue weighted by Gasteiger charge is -2.41. The average Bonchev–Trinajstić information content (AvgIpc) is 3.16. The number of alkyl halides is 1. The Hall–Kier alpha value is -1.89. The molecule has 0 radical (unpaired) electrons. The Kier molecular flexibility index (Phi) is 6.88. The van der Waals surface area contributed by atoms with Gasteiger partial charge >= 0.3 is 0 Å². The standard InChI is InChI=1S/C15H21ClN6O5/c16-3-5-26-15-12(14(25)13(24)10(8-23)27-15)22-7-9(19-21-22)6-17-11-2-1-4-18-20-11/h1-2,4,7,10,12-15,23-25H,3,5-6,8H2,(H,17,20)/t10?,12?,13-,14-,15+/m1/s1. The molecule has 12 heteroatoms. The molecule has 1 aliphatic heterocycles. The smallest absolute Gasteiger partial charge is 0.183 e. The van der Waals surface area contributed by atoms with Crippen molar-refractivity contribution in [3.8, 4) is 0 Å². The second-order valence-corrected chi connectivity index (χ2v) is 6.29. The van der Waals surface area contributed by atoms with Crippen LogP contribution in [0.5, 0.6) is 0 Å². The van der Waals surface area contributed by atoms with E-state index in [0.717, 1.165) is 0 Å². The molecule has 4 N–H and O–H groups in total. The number of aliphatic hydroxyl groups excluding tert-OH is 3. The Morgan fingerprint density at radius 3 is 2.85 bits per heavy atom. The van der Waals surface area contributed by atoms with Gasteiger partial charge in [0.25, 0.3) is 0 Å². The third-order valence-corrected chi connectivity index (χ3v) is 4.25. The van der Waals surface area contributed by atoms with Crippen molar-refractivity contribution in [2.45, 2.75) is 37.2 Å². The summed E-state index contributed by atoms with van der Waals surface area (Å²) in [4.78, 5) is 0. The minimum Gasteiger partial charge on any atom is -0.394 e. The molecule has 5 atom stereocenters. The molecule has 11 nitrogen and oxygen atoms in total. The number of nitrogens with zero attached hydrogens (tertiary/aromatic N) is 5. The van der Waals surface area contributed by atoms with Crippen molar-refractivity contribution in [2.24, 2.45) is 0 Å². The van der Waals surface area contributed by atoms with E-state index in [1.807, 2.05) is 0 Å². The lowest BCUT2D eigenvalue weighted by Crippen LogP contribution is -2.57. The fraction of sp³-hybridized carbons (Fsp3) is 0.600. The Balaban J connectivity index is 1.72. The van der Waals surface area contributed by atoms with Gasteiger partial charge in [-0.25, -0.2) is 4.68 Å². The van der Waals surface area contributed by atoms with Crippen molar-refractivity contribution in [3.05, 3.63) is 30.2 Å². The molecule has 1 aliphatic rings. The van der Waals surface area contributed by atoms with E-state index in [-0.39, 0.29) is 12.5 Å². The molecular formula is C15H21ClN6O5. The Morgan fingerprint density at radius 2 is 2.15 bits per heavy atom. The third-order valence-electron chi connectivity index (χ3n) is 4.09. The van der Waals surface area contributed by atoms with Gasteiger partial charge in [-0.1, -0.05) is 5.21 Å². The van der Waals surface area contributed by atoms with E-state index in [0.29, 0.717) is 18.1 Å². The van der Waals surface area contributed by atoms with Crippen LogP contribution in [-0.2, 0) is 16.0 Å². The molecule has 3 heterocycles. The van der Waals surface area contributed by atoms with Crippen molar-refractivity contribution < 1.29 is 24.8 Å². The highest BCUT2D eigenvalue weighted by molar-refractivity contribution is 6.17. The quantitative estimate of drug-likeness (QED) is 0.403. The van der Waals surface area contributed by atoms with Crippen LogP contribution in [0.4, 0.5) is 5.82 Å². The van der Waals surface area contributed by atoms with E-state index < -0.39 is 37.3 Å². The van der Waals surface area contributed by atoms with Gasteiger partial charge in [-0.05, 0) is 12.1 Å². The summed E-state index contributed by atoms with van der Waals surface area (Å²) in [6, 6.07) is 2.65. The Labute approximate surface area is 159 Å². The minimum absolute atomic E-state index is 0.166. The van der Waals surface area contributed by atoms with Gasteiger partial charge in [0, 0.05) is 12.1 Å². The first-order chi connectivity index (χ1) is 13.1. The highest BCUT2D eigenvalue weighted by Crippen LogP contribution is 2.30. The molecule has 0 aromatic carbocycles. The van der Waals surface area contributed by atoms with E-state index in [9.17, 15) is 15.3 Å². The van der Waals surface area contributed by atoms with Crippen LogP contribution in [0.15, 0.2) is 24.5 Å². The number of ether oxygens (including phenoxy) is 2. The van der Waals surface area contributed by atoms with Crippen molar-refractivity contribution in [1.29, 1.82) is 0 Å². The second kappa shape index (κ2) is 9.35. The molecule has 0 aliphatic carbocycles. The minimum atomic E-state index is -1.30. The zero-order valence-electron chi connectivity index (χ0n) is 14.3. The van der Waals surface area contributed by atoms with Crippen molar-refractivity contribution >= 4 is 17.4 Å². The average molecular weight is 401 g/mol. The molecule has 27 heavy (non-hydrogen) atoms. The molecular weight excluding hydrogens is 380 g/mol. The van der Waals surface area contributed by atoms with Gasteiger partial charge in [0.2, 0.25) is 0 Å². The molecule has 3 rings (SSSR count). The molecule has 2 aromatic heterocycles. The van der Waals surface area contributed by atoms with Crippen LogP contribution in [0.2, 0.25) is 0 Å². The molecule has 2 unspecified atom stereocenters. The van der Waals surface area contributed by atoms with Crippen LogP contribution in [0.1, 0.15) is 11.7 Å². The summed E-state index contributed by atoms with van der Waals surface area (Å²) < 4.78 is 12.5. The normalized spacial score (nSPS) is 28.2. The first kappa shape index (κ1) is 19.9. The maximum atomic E-state index is 10.5. The molecule has 2 aromatic rings. The Bertz CT molecular complexity index is 707. The zero-order chi connectivity index (χ0) is 19.2. The van der Waals surface area contributed by atoms with Crippen molar-refractivity contribution in [1.82, 2.24) is 25.2 Å². The number of rotatable bonds is 8. The molecule has 1 saturated heterocycles. The summed E-state index contributed by atoms with van der Waals surface area (Å²) in [5, 5.41) is 48.8. The molecule has 148 valence electrons. The summed E-state index contributed by atoms with van der Waals surface area (Å²) in [7, 11) is 0. The van der Waals surface area contributed by atoms with Gasteiger partial charge in [-0.15, -0.1) is 21.8 Å². The predicted molar refractivity (Wildman–Crippen MR) is 92.9 cm³/mol. The SMILES string of the molecule is OCC1O[C@H](OCCCl)C(n2cc(CNc3cccnn3)nn2)[C@@H](O)[C@@H]1O. The first-order valence-corrected chi connectivity index (χ1v) is 8.89. The van der Waals surface area contributed by atoms with Crippen LogP contribution in [0, 0.1) is 0 Å². The lowest BCUT2D eigenvalue weighted by atomic mass is 9.97. The van der Waals surface area contributed by atoms with E-state index in [1.165, 1.54) is 4.68 Å². The van der Waals surface area contributed by atoms with Gasteiger partial charge in [0.1, 0.15) is 35.9 Å². The number of anilines is 1. The maximum absolute atomic E-state index is 10.5. The lowest BCUT2D eigenvalue weighted by molar-refractivity contribution is -0.280. The van der Waals surface area contributed by atoms with Crippen LogP contribution >= 0.6 is 11.6 Å². The fourth-order valence-electron chi connectivity index (χ4n) is 2.76. The van der Waals surface area contributed by atoms with Gasteiger partial charge in [-0.3, -0.25) is 0 Å². The summed E-state index contributed by atoms with van der Waals surface area (Å²) in [5.41, 5.74) is 0.572. The van der Waals surface area contributed by atoms with E-state index >= 15 is 0 Å². The molecule has 0 amide bonds. The molecule has 1 fully saturated rings. The third kappa shape index (κ3) is 4.69. The van der Waals surface area contributed by atoms with E-state index in [2.05, 4.69) is 25.8 Å².